The Bertz CT molecular complexity index is 780. The molecule has 0 atom stereocenters. The fraction of sp³-hybridized carbons (Fsp3) is 0.500. The third kappa shape index (κ3) is 8.29. The van der Waals surface area contributed by atoms with Crippen LogP contribution in [0.1, 0.15) is 57.1 Å². The van der Waals surface area contributed by atoms with Crippen LogP contribution in [0.2, 0.25) is 0 Å². The summed E-state index contributed by atoms with van der Waals surface area (Å²) in [7, 11) is -1.47. The Morgan fingerprint density at radius 2 is 1.48 bits per heavy atom. The second kappa shape index (κ2) is 10.9. The van der Waals surface area contributed by atoms with Gasteiger partial charge in [-0.2, -0.15) is 8.42 Å². The van der Waals surface area contributed by atoms with Gasteiger partial charge in [-0.25, -0.2) is 0 Å². The Kier molecular flexibility index (Phi) is 8.87. The van der Waals surface area contributed by atoms with E-state index in [1.165, 1.54) is 11.1 Å². The molecular weight excluding hydrogens is 382 g/mol. The molecule has 0 heterocycles. The molecule has 0 N–H and O–H groups in total. The average molecular weight is 418 g/mol. The Hall–Kier alpha value is -1.69. The summed E-state index contributed by atoms with van der Waals surface area (Å²) < 4.78 is 29.9. The van der Waals surface area contributed by atoms with Gasteiger partial charge in [-0.3, -0.25) is 4.18 Å². The van der Waals surface area contributed by atoms with Crippen molar-refractivity contribution in [3.63, 3.8) is 0 Å². The van der Waals surface area contributed by atoms with Crippen molar-refractivity contribution in [3.05, 3.63) is 71.8 Å². The number of unbranched alkanes of at least 4 members (excludes halogenated alkanes) is 1. The van der Waals surface area contributed by atoms with E-state index >= 15 is 0 Å². The van der Waals surface area contributed by atoms with Crippen LogP contribution in [-0.2, 0) is 14.3 Å². The molecule has 0 aliphatic heterocycles. The lowest BCUT2D eigenvalue weighted by Crippen LogP contribution is -2.41. The van der Waals surface area contributed by atoms with E-state index in [4.69, 9.17) is 4.18 Å². The lowest BCUT2D eigenvalue weighted by molar-refractivity contribution is 0.0752. The fourth-order valence-electron chi connectivity index (χ4n) is 3.71. The zero-order valence-electron chi connectivity index (χ0n) is 18.2. The van der Waals surface area contributed by atoms with Crippen molar-refractivity contribution in [1.82, 2.24) is 4.90 Å². The predicted octanol–water partition coefficient (Wildman–Crippen LogP) is 5.07. The van der Waals surface area contributed by atoms with Crippen molar-refractivity contribution in [2.45, 2.75) is 51.6 Å². The smallest absolute Gasteiger partial charge is 0.267 e. The molecule has 0 aromatic heterocycles. The fourth-order valence-corrected chi connectivity index (χ4v) is 5.17. The zero-order chi connectivity index (χ0) is 21.3. The lowest BCUT2D eigenvalue weighted by Gasteiger charge is -2.30. The molecule has 2 rings (SSSR count). The molecule has 2 aromatic carbocycles. The largest absolute Gasteiger partial charge is 0.303 e. The average Bonchev–Trinajstić information content (AvgIpc) is 2.67. The molecule has 160 valence electrons. The highest BCUT2D eigenvalue weighted by Crippen LogP contribution is 2.28. The van der Waals surface area contributed by atoms with Gasteiger partial charge >= 0.3 is 0 Å². The maximum Gasteiger partial charge on any atom is 0.267 e. The summed E-state index contributed by atoms with van der Waals surface area (Å²) in [6, 6.07) is 21.1. The summed E-state index contributed by atoms with van der Waals surface area (Å²) in [5.74, 6) is 0.387. The molecule has 2 aromatic rings. The topological polar surface area (TPSA) is 46.6 Å². The van der Waals surface area contributed by atoms with Gasteiger partial charge in [-0.05, 0) is 51.4 Å². The van der Waals surface area contributed by atoms with Gasteiger partial charge in [-0.15, -0.1) is 0 Å². The van der Waals surface area contributed by atoms with Crippen molar-refractivity contribution < 1.29 is 12.6 Å². The number of benzene rings is 2. The third-order valence-corrected chi connectivity index (χ3v) is 6.45. The van der Waals surface area contributed by atoms with Crippen LogP contribution in [0.3, 0.4) is 0 Å². The second-order valence-corrected chi connectivity index (χ2v) is 10.0. The molecule has 4 nitrogen and oxygen atoms in total. The summed E-state index contributed by atoms with van der Waals surface area (Å²) in [4.78, 5) is 2.16. The van der Waals surface area contributed by atoms with Crippen LogP contribution in [0.4, 0.5) is 0 Å². The summed E-state index contributed by atoms with van der Waals surface area (Å²) in [6.45, 7) is 7.06. The van der Waals surface area contributed by atoms with Crippen molar-refractivity contribution in [2.75, 3.05) is 25.9 Å². The summed E-state index contributed by atoms with van der Waals surface area (Å²) >= 11 is 0. The molecule has 0 saturated heterocycles. The summed E-state index contributed by atoms with van der Waals surface area (Å²) in [5, 5.41) is 0. The number of likely N-dealkylation sites (N-methyl/N-ethyl adjacent to an activating group) is 1. The summed E-state index contributed by atoms with van der Waals surface area (Å²) in [5.41, 5.74) is 1.84. The van der Waals surface area contributed by atoms with Gasteiger partial charge in [0, 0.05) is 12.5 Å². The van der Waals surface area contributed by atoms with E-state index in [9.17, 15) is 8.42 Å². The molecule has 0 fully saturated rings. The molecule has 0 aliphatic rings. The first-order chi connectivity index (χ1) is 13.7. The Morgan fingerprint density at radius 1 is 0.966 bits per heavy atom. The predicted molar refractivity (Wildman–Crippen MR) is 121 cm³/mol. The molecule has 0 aliphatic carbocycles. The van der Waals surface area contributed by atoms with E-state index in [0.717, 1.165) is 19.4 Å². The minimum absolute atomic E-state index is 0.0841. The highest BCUT2D eigenvalue weighted by molar-refractivity contribution is 7.86. The van der Waals surface area contributed by atoms with Gasteiger partial charge in [0.25, 0.3) is 10.1 Å². The van der Waals surface area contributed by atoms with E-state index < -0.39 is 15.7 Å². The van der Waals surface area contributed by atoms with E-state index in [0.29, 0.717) is 18.9 Å². The molecule has 0 bridgehead atoms. The molecule has 5 heteroatoms. The Balaban J connectivity index is 2.00. The summed E-state index contributed by atoms with van der Waals surface area (Å²) in [6.07, 6.45) is 2.41. The quantitative estimate of drug-likeness (QED) is 0.453. The molecule has 0 radical (unpaired) electrons. The number of hydrogen-bond donors (Lipinski definition) is 0. The van der Waals surface area contributed by atoms with Crippen LogP contribution < -0.4 is 0 Å². The normalized spacial score (nSPS) is 12.6. The van der Waals surface area contributed by atoms with Crippen LogP contribution >= 0.6 is 0 Å². The Labute approximate surface area is 177 Å². The maximum absolute atomic E-state index is 12.2. The number of hydrogen-bond acceptors (Lipinski definition) is 4. The number of nitrogens with zero attached hydrogens (tertiary/aromatic N) is 1. The maximum atomic E-state index is 12.2. The van der Waals surface area contributed by atoms with Gasteiger partial charge in [-0.1, -0.05) is 74.0 Å². The second-order valence-electron chi connectivity index (χ2n) is 8.36. The standard InChI is InChI=1S/C24H35NO3S/c1-5-6-19-29(26,27)28-24(2,3)20-25(4)18-17-23(21-13-9-7-10-14-21)22-15-11-8-12-16-22/h7-16,23H,5-6,17-20H2,1-4H3. The van der Waals surface area contributed by atoms with Crippen LogP contribution in [0, 0.1) is 0 Å². The minimum Gasteiger partial charge on any atom is -0.303 e. The molecular formula is C24H35NO3S. The first-order valence-electron chi connectivity index (χ1n) is 10.4. The van der Waals surface area contributed by atoms with Gasteiger partial charge in [0.2, 0.25) is 0 Å². The van der Waals surface area contributed by atoms with Crippen molar-refractivity contribution in [1.29, 1.82) is 0 Å². The van der Waals surface area contributed by atoms with E-state index in [2.05, 4.69) is 53.4 Å². The molecule has 0 unspecified atom stereocenters. The SMILES string of the molecule is CCCCS(=O)(=O)OC(C)(C)CN(C)CCC(c1ccccc1)c1ccccc1. The zero-order valence-corrected chi connectivity index (χ0v) is 19.0. The monoisotopic (exact) mass is 417 g/mol. The van der Waals surface area contributed by atoms with Crippen molar-refractivity contribution in [3.8, 4) is 0 Å². The van der Waals surface area contributed by atoms with Crippen molar-refractivity contribution >= 4 is 10.1 Å². The van der Waals surface area contributed by atoms with E-state index in [1.54, 1.807) is 0 Å². The highest BCUT2D eigenvalue weighted by atomic mass is 32.2. The van der Waals surface area contributed by atoms with Crippen LogP contribution in [-0.4, -0.2) is 44.8 Å². The van der Waals surface area contributed by atoms with Gasteiger partial charge in [0.05, 0.1) is 11.4 Å². The van der Waals surface area contributed by atoms with Crippen LogP contribution in [0.15, 0.2) is 60.7 Å². The first kappa shape index (κ1) is 23.6. The van der Waals surface area contributed by atoms with Crippen LogP contribution in [0.25, 0.3) is 0 Å². The number of rotatable bonds is 12. The van der Waals surface area contributed by atoms with Crippen LogP contribution in [0.5, 0.6) is 0 Å². The van der Waals surface area contributed by atoms with Gasteiger partial charge in [0.15, 0.2) is 0 Å². The highest BCUT2D eigenvalue weighted by Gasteiger charge is 2.28. The molecule has 0 spiro atoms. The third-order valence-electron chi connectivity index (χ3n) is 4.95. The molecule has 29 heavy (non-hydrogen) atoms. The first-order valence-corrected chi connectivity index (χ1v) is 12.0. The van der Waals surface area contributed by atoms with E-state index in [-0.39, 0.29) is 5.75 Å². The van der Waals surface area contributed by atoms with Gasteiger partial charge < -0.3 is 4.90 Å². The minimum atomic E-state index is -3.49. The van der Waals surface area contributed by atoms with Gasteiger partial charge in [0.1, 0.15) is 0 Å². The molecule has 0 amide bonds. The van der Waals surface area contributed by atoms with Crippen molar-refractivity contribution in [2.24, 2.45) is 0 Å². The lowest BCUT2D eigenvalue weighted by atomic mass is 9.88. The van der Waals surface area contributed by atoms with E-state index in [1.807, 2.05) is 40.0 Å². The molecule has 0 saturated carbocycles. The Morgan fingerprint density at radius 3 is 1.97 bits per heavy atom.